The lowest BCUT2D eigenvalue weighted by Crippen LogP contribution is -2.23. The monoisotopic (exact) mass is 330 g/mol. The van der Waals surface area contributed by atoms with Crippen molar-refractivity contribution in [3.8, 4) is 11.3 Å². The molecule has 0 saturated heterocycles. The van der Waals surface area contributed by atoms with Crippen LogP contribution in [0.5, 0.6) is 0 Å². The molecule has 0 aliphatic carbocycles. The zero-order valence-corrected chi connectivity index (χ0v) is 14.7. The molecule has 24 heavy (non-hydrogen) atoms. The molecule has 0 unspecified atom stereocenters. The first-order chi connectivity index (χ1) is 11.7. The van der Waals surface area contributed by atoms with Gasteiger partial charge in [0.1, 0.15) is 5.69 Å². The normalized spacial score (nSPS) is 11.0. The number of esters is 1. The SMILES string of the molecule is CCCCN(CC)Cc1cccc(-c2n[nH]nc2C(=O)OCC)c1. The lowest BCUT2D eigenvalue weighted by Gasteiger charge is -2.20. The first kappa shape index (κ1) is 18.1. The summed E-state index contributed by atoms with van der Waals surface area (Å²) in [4.78, 5) is 14.4. The van der Waals surface area contributed by atoms with Crippen LogP contribution in [-0.2, 0) is 11.3 Å². The molecule has 0 bridgehead atoms. The van der Waals surface area contributed by atoms with Gasteiger partial charge in [0, 0.05) is 12.1 Å². The molecule has 6 heteroatoms. The number of ether oxygens (including phenoxy) is 1. The van der Waals surface area contributed by atoms with E-state index in [-0.39, 0.29) is 5.69 Å². The van der Waals surface area contributed by atoms with Gasteiger partial charge in [-0.05, 0) is 38.1 Å². The third kappa shape index (κ3) is 4.64. The van der Waals surface area contributed by atoms with E-state index in [0.717, 1.165) is 25.2 Å². The van der Waals surface area contributed by atoms with Crippen molar-refractivity contribution >= 4 is 5.97 Å². The maximum absolute atomic E-state index is 12.0. The van der Waals surface area contributed by atoms with Crippen molar-refractivity contribution < 1.29 is 9.53 Å². The Bertz CT molecular complexity index is 654. The maximum Gasteiger partial charge on any atom is 0.361 e. The van der Waals surface area contributed by atoms with Crippen molar-refractivity contribution in [1.29, 1.82) is 0 Å². The van der Waals surface area contributed by atoms with Gasteiger partial charge in [0.25, 0.3) is 0 Å². The lowest BCUT2D eigenvalue weighted by molar-refractivity contribution is 0.0520. The zero-order valence-electron chi connectivity index (χ0n) is 14.7. The van der Waals surface area contributed by atoms with E-state index in [1.807, 2.05) is 12.1 Å². The first-order valence-corrected chi connectivity index (χ1v) is 8.59. The highest BCUT2D eigenvalue weighted by Gasteiger charge is 2.19. The van der Waals surface area contributed by atoms with E-state index in [9.17, 15) is 4.79 Å². The molecule has 1 N–H and O–H groups in total. The number of nitrogens with zero attached hydrogens (tertiary/aromatic N) is 3. The van der Waals surface area contributed by atoms with E-state index >= 15 is 0 Å². The number of aromatic amines is 1. The van der Waals surface area contributed by atoms with E-state index in [4.69, 9.17) is 4.74 Å². The van der Waals surface area contributed by atoms with Gasteiger partial charge in [0.05, 0.1) is 6.61 Å². The molecule has 1 heterocycles. The van der Waals surface area contributed by atoms with Crippen molar-refractivity contribution in [2.75, 3.05) is 19.7 Å². The molecule has 0 spiro atoms. The van der Waals surface area contributed by atoms with E-state index < -0.39 is 5.97 Å². The number of H-pyrrole nitrogens is 1. The van der Waals surface area contributed by atoms with Crippen molar-refractivity contribution in [3.63, 3.8) is 0 Å². The average molecular weight is 330 g/mol. The largest absolute Gasteiger partial charge is 0.461 e. The molecule has 0 radical (unpaired) electrons. The molecule has 0 fully saturated rings. The fourth-order valence-electron chi connectivity index (χ4n) is 2.58. The van der Waals surface area contributed by atoms with Crippen molar-refractivity contribution in [2.24, 2.45) is 0 Å². The van der Waals surface area contributed by atoms with Crippen LogP contribution in [0.25, 0.3) is 11.3 Å². The summed E-state index contributed by atoms with van der Waals surface area (Å²) >= 11 is 0. The minimum atomic E-state index is -0.454. The summed E-state index contributed by atoms with van der Waals surface area (Å²) in [6, 6.07) is 8.09. The molecule has 0 amide bonds. The van der Waals surface area contributed by atoms with Crippen LogP contribution in [0.4, 0.5) is 0 Å². The molecule has 6 nitrogen and oxygen atoms in total. The van der Waals surface area contributed by atoms with Crippen LogP contribution in [0.1, 0.15) is 49.7 Å². The Morgan fingerprint density at radius 2 is 2.08 bits per heavy atom. The molecule has 130 valence electrons. The van der Waals surface area contributed by atoms with Gasteiger partial charge >= 0.3 is 5.97 Å². The molecule has 0 aliphatic heterocycles. The molecule has 1 aromatic heterocycles. The summed E-state index contributed by atoms with van der Waals surface area (Å²) in [6.07, 6.45) is 2.39. The number of benzene rings is 1. The van der Waals surface area contributed by atoms with E-state index in [2.05, 4.69) is 46.3 Å². The summed E-state index contributed by atoms with van der Waals surface area (Å²) in [6.45, 7) is 9.46. The third-order valence-electron chi connectivity index (χ3n) is 3.90. The molecular formula is C18H26N4O2. The van der Waals surface area contributed by atoms with Crippen LogP contribution in [0.3, 0.4) is 0 Å². The Balaban J connectivity index is 2.19. The second kappa shape index (κ2) is 9.17. The number of aromatic nitrogens is 3. The highest BCUT2D eigenvalue weighted by atomic mass is 16.5. The molecule has 0 aliphatic rings. The fraction of sp³-hybridized carbons (Fsp3) is 0.500. The fourth-order valence-corrected chi connectivity index (χ4v) is 2.58. The second-order valence-electron chi connectivity index (χ2n) is 5.66. The van der Waals surface area contributed by atoms with E-state index in [1.54, 1.807) is 6.92 Å². The summed E-state index contributed by atoms with van der Waals surface area (Å²) < 4.78 is 5.04. The zero-order chi connectivity index (χ0) is 17.4. The number of carbonyl (C=O) groups is 1. The van der Waals surface area contributed by atoms with Crippen LogP contribution in [0.2, 0.25) is 0 Å². The van der Waals surface area contributed by atoms with Crippen LogP contribution < -0.4 is 0 Å². The number of nitrogens with one attached hydrogen (secondary N) is 1. The molecular weight excluding hydrogens is 304 g/mol. The van der Waals surface area contributed by atoms with Gasteiger partial charge in [-0.1, -0.05) is 38.5 Å². The maximum atomic E-state index is 12.0. The Morgan fingerprint density at radius 3 is 2.79 bits per heavy atom. The summed E-state index contributed by atoms with van der Waals surface area (Å²) in [5, 5.41) is 10.6. The Morgan fingerprint density at radius 1 is 1.25 bits per heavy atom. The van der Waals surface area contributed by atoms with Crippen molar-refractivity contribution in [3.05, 3.63) is 35.5 Å². The van der Waals surface area contributed by atoms with Gasteiger partial charge in [-0.15, -0.1) is 5.10 Å². The van der Waals surface area contributed by atoms with Crippen molar-refractivity contribution in [2.45, 2.75) is 40.2 Å². The molecule has 0 atom stereocenters. The molecule has 2 aromatic rings. The standard InChI is InChI=1S/C18H26N4O2/c1-4-7-11-22(5-2)13-14-9-8-10-15(12-14)16-17(20-21-19-16)18(23)24-6-3/h8-10,12H,4-7,11,13H2,1-3H3,(H,19,20,21). The van der Waals surface area contributed by atoms with E-state index in [0.29, 0.717) is 12.3 Å². The van der Waals surface area contributed by atoms with Gasteiger partial charge in [-0.3, -0.25) is 4.90 Å². The smallest absolute Gasteiger partial charge is 0.361 e. The minimum Gasteiger partial charge on any atom is -0.461 e. The summed E-state index contributed by atoms with van der Waals surface area (Å²) in [7, 11) is 0. The van der Waals surface area contributed by atoms with Crippen LogP contribution in [-0.4, -0.2) is 46.0 Å². The van der Waals surface area contributed by atoms with Gasteiger partial charge in [-0.25, -0.2) is 4.79 Å². The molecule has 0 saturated carbocycles. The van der Waals surface area contributed by atoms with Gasteiger partial charge in [0.15, 0.2) is 5.69 Å². The minimum absolute atomic E-state index is 0.229. The average Bonchev–Trinajstić information content (AvgIpc) is 3.09. The first-order valence-electron chi connectivity index (χ1n) is 8.59. The summed E-state index contributed by atoms with van der Waals surface area (Å²) in [5.41, 5.74) is 2.83. The topological polar surface area (TPSA) is 71.1 Å². The van der Waals surface area contributed by atoms with Crippen LogP contribution >= 0.6 is 0 Å². The lowest BCUT2D eigenvalue weighted by atomic mass is 10.1. The van der Waals surface area contributed by atoms with Crippen LogP contribution in [0.15, 0.2) is 24.3 Å². The van der Waals surface area contributed by atoms with Gasteiger partial charge in [-0.2, -0.15) is 10.3 Å². The number of carbonyl (C=O) groups excluding carboxylic acids is 1. The number of hydrogen-bond acceptors (Lipinski definition) is 5. The van der Waals surface area contributed by atoms with Gasteiger partial charge < -0.3 is 4.74 Å². The Kier molecular flexibility index (Phi) is 6.93. The van der Waals surface area contributed by atoms with Gasteiger partial charge in [0.2, 0.25) is 0 Å². The van der Waals surface area contributed by atoms with E-state index in [1.165, 1.54) is 18.4 Å². The Labute approximate surface area is 143 Å². The highest BCUT2D eigenvalue weighted by molar-refractivity contribution is 5.93. The predicted molar refractivity (Wildman–Crippen MR) is 93.6 cm³/mol. The second-order valence-corrected chi connectivity index (χ2v) is 5.66. The molecule has 2 rings (SSSR count). The quantitative estimate of drug-likeness (QED) is 0.715. The highest BCUT2D eigenvalue weighted by Crippen LogP contribution is 2.22. The predicted octanol–water partition coefficient (Wildman–Crippen LogP) is 3.27. The van der Waals surface area contributed by atoms with Crippen molar-refractivity contribution in [1.82, 2.24) is 20.3 Å². The Hall–Kier alpha value is -2.21. The number of unbranched alkanes of at least 4 members (excludes halogenated alkanes) is 1. The number of hydrogen-bond donors (Lipinski definition) is 1. The third-order valence-corrected chi connectivity index (χ3v) is 3.90. The summed E-state index contributed by atoms with van der Waals surface area (Å²) in [5.74, 6) is -0.454. The van der Waals surface area contributed by atoms with Crippen LogP contribution in [0, 0.1) is 0 Å². The number of rotatable bonds is 9. The molecule has 1 aromatic carbocycles.